The number of esters is 1. The number of pyridine rings is 1. The molecule has 222 valence electrons. The van der Waals surface area contributed by atoms with E-state index in [0.717, 1.165) is 36.1 Å². The second-order valence-corrected chi connectivity index (χ2v) is 10.0. The molecule has 5 rings (SSSR count). The molecule has 1 aromatic heterocycles. The molecule has 1 fully saturated rings. The second kappa shape index (κ2) is 12.3. The van der Waals surface area contributed by atoms with Gasteiger partial charge in [0.2, 0.25) is 5.88 Å². The molecule has 0 unspecified atom stereocenters. The predicted molar refractivity (Wildman–Crippen MR) is 146 cm³/mol. The van der Waals surface area contributed by atoms with Crippen LogP contribution in [-0.4, -0.2) is 42.8 Å². The van der Waals surface area contributed by atoms with Gasteiger partial charge in [0.1, 0.15) is 24.3 Å². The summed E-state index contributed by atoms with van der Waals surface area (Å²) >= 11 is 0. The fourth-order valence-electron chi connectivity index (χ4n) is 5.12. The molecular formula is C30H29F4N3O5. The number of fused-ring (bicyclic) bond motifs is 1. The Balaban J connectivity index is 1.24. The monoisotopic (exact) mass is 587 g/mol. The zero-order valence-electron chi connectivity index (χ0n) is 22.7. The van der Waals surface area contributed by atoms with Crippen LogP contribution in [0.3, 0.4) is 0 Å². The van der Waals surface area contributed by atoms with Crippen LogP contribution in [0.5, 0.6) is 11.6 Å². The molecule has 1 aliphatic carbocycles. The highest BCUT2D eigenvalue weighted by molar-refractivity contribution is 6.03. The number of aromatic nitrogens is 1. The first-order valence-corrected chi connectivity index (χ1v) is 13.6. The molecule has 1 N–H and O–H groups in total. The maximum Gasteiger partial charge on any atom is 0.418 e. The molecule has 0 radical (unpaired) electrons. The van der Waals surface area contributed by atoms with Crippen molar-refractivity contribution < 1.29 is 41.4 Å². The maximum absolute atomic E-state index is 13.5. The van der Waals surface area contributed by atoms with Gasteiger partial charge in [0, 0.05) is 17.8 Å². The van der Waals surface area contributed by atoms with Gasteiger partial charge in [-0.15, -0.1) is 0 Å². The summed E-state index contributed by atoms with van der Waals surface area (Å²) in [7, 11) is 0. The van der Waals surface area contributed by atoms with E-state index in [4.69, 9.17) is 14.2 Å². The predicted octanol–water partition coefficient (Wildman–Crippen LogP) is 6.84. The number of amides is 2. The number of alkyl halides is 3. The van der Waals surface area contributed by atoms with Crippen LogP contribution in [0.4, 0.5) is 33.7 Å². The first-order valence-electron chi connectivity index (χ1n) is 13.6. The molecule has 0 saturated heterocycles. The third kappa shape index (κ3) is 6.58. The van der Waals surface area contributed by atoms with Gasteiger partial charge in [-0.25, -0.2) is 14.2 Å². The minimum absolute atomic E-state index is 0.0366. The SMILES string of the molecule is CCOC(=O)C1CCC(Oc2ccc(-c3ccc4c(c3)OCCN4C(=O)Nc3ccc(F)cc3C(F)(F)F)cn2)CC1. The fourth-order valence-corrected chi connectivity index (χ4v) is 5.12. The quantitative estimate of drug-likeness (QED) is 0.251. The number of urea groups is 1. The lowest BCUT2D eigenvalue weighted by molar-refractivity contribution is -0.149. The number of rotatable bonds is 6. The van der Waals surface area contributed by atoms with Gasteiger partial charge in [0.05, 0.1) is 36.0 Å². The molecular weight excluding hydrogens is 558 g/mol. The molecule has 8 nitrogen and oxygen atoms in total. The fraction of sp³-hybridized carbons (Fsp3) is 0.367. The number of hydrogen-bond acceptors (Lipinski definition) is 6. The minimum atomic E-state index is -4.85. The summed E-state index contributed by atoms with van der Waals surface area (Å²) in [6, 6.07) is 10.00. The zero-order valence-corrected chi connectivity index (χ0v) is 22.7. The number of benzene rings is 2. The lowest BCUT2D eigenvalue weighted by Gasteiger charge is -2.30. The third-order valence-corrected chi connectivity index (χ3v) is 7.25. The van der Waals surface area contributed by atoms with Crippen molar-refractivity contribution in [2.24, 2.45) is 5.92 Å². The molecule has 3 aromatic rings. The largest absolute Gasteiger partial charge is 0.490 e. The van der Waals surface area contributed by atoms with Crippen LogP contribution in [-0.2, 0) is 15.7 Å². The highest BCUT2D eigenvalue weighted by atomic mass is 19.4. The maximum atomic E-state index is 13.5. The number of nitrogens with one attached hydrogen (secondary N) is 1. The van der Waals surface area contributed by atoms with Crippen molar-refractivity contribution in [1.29, 1.82) is 0 Å². The summed E-state index contributed by atoms with van der Waals surface area (Å²) in [4.78, 5) is 30.6. The lowest BCUT2D eigenvalue weighted by Crippen LogP contribution is -2.41. The Morgan fingerprint density at radius 2 is 1.81 bits per heavy atom. The van der Waals surface area contributed by atoms with E-state index in [-0.39, 0.29) is 31.1 Å². The first kappa shape index (κ1) is 29.2. The molecule has 2 heterocycles. The van der Waals surface area contributed by atoms with E-state index in [1.165, 1.54) is 4.90 Å². The van der Waals surface area contributed by atoms with Crippen molar-refractivity contribution in [1.82, 2.24) is 4.98 Å². The van der Waals surface area contributed by atoms with Crippen LogP contribution in [0.15, 0.2) is 54.7 Å². The minimum Gasteiger partial charge on any atom is -0.490 e. The summed E-state index contributed by atoms with van der Waals surface area (Å²) in [5.41, 5.74) is 0.0813. The van der Waals surface area contributed by atoms with E-state index in [9.17, 15) is 27.2 Å². The van der Waals surface area contributed by atoms with Crippen molar-refractivity contribution in [3.8, 4) is 22.8 Å². The Labute approximate surface area is 239 Å². The van der Waals surface area contributed by atoms with Crippen molar-refractivity contribution >= 4 is 23.4 Å². The van der Waals surface area contributed by atoms with E-state index >= 15 is 0 Å². The van der Waals surface area contributed by atoms with Gasteiger partial charge in [-0.3, -0.25) is 9.69 Å². The standard InChI is InChI=1S/C30H29F4N3O5/c1-2-40-28(38)18-3-8-22(9-4-18)42-27-12-6-20(17-35-27)19-5-11-25-26(15-19)41-14-13-37(25)29(39)36-24-10-7-21(31)16-23(24)30(32,33)34/h5-7,10-12,15-18,22H,2-4,8-9,13-14H2,1H3,(H,36,39). The number of hydrogen-bond donors (Lipinski definition) is 1. The Hall–Kier alpha value is -4.35. The summed E-state index contributed by atoms with van der Waals surface area (Å²) in [6.07, 6.45) is -0.346. The molecule has 0 spiro atoms. The summed E-state index contributed by atoms with van der Waals surface area (Å²) in [5, 5.41) is 2.25. The number of nitrogens with zero attached hydrogens (tertiary/aromatic N) is 2. The van der Waals surface area contributed by atoms with Gasteiger partial charge >= 0.3 is 18.2 Å². The van der Waals surface area contributed by atoms with Crippen LogP contribution >= 0.6 is 0 Å². The third-order valence-electron chi connectivity index (χ3n) is 7.25. The van der Waals surface area contributed by atoms with Crippen LogP contribution in [0, 0.1) is 11.7 Å². The highest BCUT2D eigenvalue weighted by Gasteiger charge is 2.35. The van der Waals surface area contributed by atoms with Crippen molar-refractivity contribution in [3.63, 3.8) is 0 Å². The average Bonchev–Trinajstić information content (AvgIpc) is 2.98. The first-order chi connectivity index (χ1) is 20.1. The van der Waals surface area contributed by atoms with Crippen LogP contribution in [0.1, 0.15) is 38.2 Å². The van der Waals surface area contributed by atoms with E-state index in [2.05, 4.69) is 10.3 Å². The number of anilines is 2. The van der Waals surface area contributed by atoms with Crippen LogP contribution in [0.2, 0.25) is 0 Å². The van der Waals surface area contributed by atoms with Gasteiger partial charge in [-0.1, -0.05) is 6.07 Å². The molecule has 2 amide bonds. The number of ether oxygens (including phenoxy) is 3. The number of halogens is 4. The van der Waals surface area contributed by atoms with Gasteiger partial charge in [0.15, 0.2) is 0 Å². The molecule has 12 heteroatoms. The Morgan fingerprint density at radius 1 is 1.05 bits per heavy atom. The Morgan fingerprint density at radius 3 is 2.50 bits per heavy atom. The Bertz CT molecular complexity index is 1440. The molecule has 2 aliphatic rings. The molecule has 0 bridgehead atoms. The lowest BCUT2D eigenvalue weighted by atomic mass is 9.87. The van der Waals surface area contributed by atoms with Gasteiger partial charge in [0.25, 0.3) is 0 Å². The molecule has 2 aromatic carbocycles. The normalized spacial score (nSPS) is 18.5. The number of carbonyl (C=O) groups excluding carboxylic acids is 2. The van der Waals surface area contributed by atoms with Crippen LogP contribution in [0.25, 0.3) is 11.1 Å². The zero-order chi connectivity index (χ0) is 29.9. The second-order valence-electron chi connectivity index (χ2n) is 10.0. The van der Waals surface area contributed by atoms with Crippen molar-refractivity contribution in [3.05, 3.63) is 66.1 Å². The van der Waals surface area contributed by atoms with Gasteiger partial charge in [-0.2, -0.15) is 13.2 Å². The molecule has 1 saturated carbocycles. The Kier molecular flexibility index (Phi) is 8.51. The average molecular weight is 588 g/mol. The van der Waals surface area contributed by atoms with Crippen molar-refractivity contribution in [2.75, 3.05) is 30.0 Å². The summed E-state index contributed by atoms with van der Waals surface area (Å²) < 4.78 is 70.5. The number of carbonyl (C=O) groups is 2. The van der Waals surface area contributed by atoms with Crippen molar-refractivity contribution in [2.45, 2.75) is 44.9 Å². The molecule has 42 heavy (non-hydrogen) atoms. The summed E-state index contributed by atoms with van der Waals surface area (Å²) in [6.45, 7) is 2.40. The van der Waals surface area contributed by atoms with E-state index < -0.39 is 29.3 Å². The molecule has 1 aliphatic heterocycles. The van der Waals surface area contributed by atoms with Gasteiger partial charge < -0.3 is 19.5 Å². The highest BCUT2D eigenvalue weighted by Crippen LogP contribution is 2.38. The summed E-state index contributed by atoms with van der Waals surface area (Å²) in [5.74, 6) is -0.456. The smallest absolute Gasteiger partial charge is 0.418 e. The van der Waals surface area contributed by atoms with E-state index in [1.807, 2.05) is 6.07 Å². The molecule has 0 atom stereocenters. The van der Waals surface area contributed by atoms with Gasteiger partial charge in [-0.05, 0) is 74.6 Å². The van der Waals surface area contributed by atoms with E-state index in [1.54, 1.807) is 37.4 Å². The van der Waals surface area contributed by atoms with Crippen LogP contribution < -0.4 is 19.7 Å². The van der Waals surface area contributed by atoms with E-state index in [0.29, 0.717) is 42.8 Å². The topological polar surface area (TPSA) is 90.0 Å².